The van der Waals surface area contributed by atoms with E-state index in [1.807, 2.05) is 0 Å². The molecule has 1 fully saturated rings. The van der Waals surface area contributed by atoms with Gasteiger partial charge in [0.2, 0.25) is 0 Å². The molecular weight excluding hydrogens is 348 g/mol. The number of benzene rings is 2. The number of rotatable bonds is 5. The van der Waals surface area contributed by atoms with Crippen LogP contribution in [0.3, 0.4) is 0 Å². The minimum atomic E-state index is -0.382. The molecule has 3 rings (SSSR count). The van der Waals surface area contributed by atoms with Crippen LogP contribution in [-0.4, -0.2) is 57.2 Å². The van der Waals surface area contributed by atoms with E-state index in [0.717, 1.165) is 0 Å². The van der Waals surface area contributed by atoms with Crippen LogP contribution in [0.4, 0.5) is 5.69 Å². The maximum absolute atomic E-state index is 12.8. The molecule has 7 heteroatoms. The minimum Gasteiger partial charge on any atom is -0.493 e. The summed E-state index contributed by atoms with van der Waals surface area (Å²) in [6.07, 6.45) is 0. The number of ether oxygens (including phenoxy) is 3. The molecule has 0 bridgehead atoms. The van der Waals surface area contributed by atoms with Crippen LogP contribution in [0.1, 0.15) is 20.7 Å². The van der Waals surface area contributed by atoms with Gasteiger partial charge in [0.05, 0.1) is 44.2 Å². The second-order valence-electron chi connectivity index (χ2n) is 5.95. The Balaban J connectivity index is 1.86. The van der Waals surface area contributed by atoms with E-state index in [0.29, 0.717) is 54.6 Å². The molecule has 2 aromatic rings. The van der Waals surface area contributed by atoms with Gasteiger partial charge in [-0.15, -0.1) is 0 Å². The molecule has 2 aromatic carbocycles. The maximum atomic E-state index is 12.8. The van der Waals surface area contributed by atoms with E-state index in [2.05, 4.69) is 5.32 Å². The number of nitrogens with zero attached hydrogens (tertiary/aromatic N) is 1. The molecule has 0 aromatic heterocycles. The summed E-state index contributed by atoms with van der Waals surface area (Å²) in [5, 5.41) is 2.82. The summed E-state index contributed by atoms with van der Waals surface area (Å²) in [5.74, 6) is 0.289. The van der Waals surface area contributed by atoms with Crippen LogP contribution in [0.25, 0.3) is 0 Å². The Morgan fingerprint density at radius 1 is 0.963 bits per heavy atom. The maximum Gasteiger partial charge on any atom is 0.259 e. The zero-order chi connectivity index (χ0) is 19.2. The SMILES string of the molecule is COc1cccc(C(=O)Nc2ccccc2C(=O)N2CCOCC2)c1OC. The molecule has 0 unspecified atom stereocenters. The molecule has 0 spiro atoms. The Kier molecular flexibility index (Phi) is 5.93. The van der Waals surface area contributed by atoms with Gasteiger partial charge in [-0.25, -0.2) is 0 Å². The van der Waals surface area contributed by atoms with Crippen molar-refractivity contribution in [1.82, 2.24) is 4.90 Å². The molecule has 1 N–H and O–H groups in total. The van der Waals surface area contributed by atoms with E-state index < -0.39 is 0 Å². The molecule has 142 valence electrons. The van der Waals surface area contributed by atoms with E-state index >= 15 is 0 Å². The van der Waals surface area contributed by atoms with Gasteiger partial charge in [-0.1, -0.05) is 18.2 Å². The lowest BCUT2D eigenvalue weighted by Crippen LogP contribution is -2.41. The summed E-state index contributed by atoms with van der Waals surface area (Å²) in [5.41, 5.74) is 1.21. The first-order chi connectivity index (χ1) is 13.2. The number of methoxy groups -OCH3 is 2. The highest BCUT2D eigenvalue weighted by Gasteiger charge is 2.23. The van der Waals surface area contributed by atoms with Crippen LogP contribution in [-0.2, 0) is 4.74 Å². The fourth-order valence-electron chi connectivity index (χ4n) is 2.97. The lowest BCUT2D eigenvalue weighted by molar-refractivity contribution is 0.0303. The monoisotopic (exact) mass is 370 g/mol. The molecule has 1 aliphatic heterocycles. The Morgan fingerprint density at radius 3 is 2.37 bits per heavy atom. The van der Waals surface area contributed by atoms with Crippen LogP contribution in [0, 0.1) is 0 Å². The quantitative estimate of drug-likeness (QED) is 0.875. The van der Waals surface area contributed by atoms with Crippen LogP contribution in [0.2, 0.25) is 0 Å². The zero-order valence-corrected chi connectivity index (χ0v) is 15.4. The van der Waals surface area contributed by atoms with Crippen molar-refractivity contribution in [3.8, 4) is 11.5 Å². The smallest absolute Gasteiger partial charge is 0.259 e. The summed E-state index contributed by atoms with van der Waals surface area (Å²) in [4.78, 5) is 27.4. The molecule has 0 atom stereocenters. The number of hydrogen-bond donors (Lipinski definition) is 1. The number of para-hydroxylation sites is 2. The summed E-state index contributed by atoms with van der Waals surface area (Å²) >= 11 is 0. The highest BCUT2D eigenvalue weighted by atomic mass is 16.5. The van der Waals surface area contributed by atoms with Crippen molar-refractivity contribution in [1.29, 1.82) is 0 Å². The Bertz CT molecular complexity index is 831. The number of amides is 2. The van der Waals surface area contributed by atoms with Gasteiger partial charge in [-0.05, 0) is 24.3 Å². The number of morpholine rings is 1. The van der Waals surface area contributed by atoms with Crippen molar-refractivity contribution >= 4 is 17.5 Å². The number of carbonyl (C=O) groups is 2. The van der Waals surface area contributed by atoms with Gasteiger partial charge in [0.1, 0.15) is 0 Å². The van der Waals surface area contributed by atoms with Gasteiger partial charge in [0.15, 0.2) is 11.5 Å². The number of nitrogens with one attached hydrogen (secondary N) is 1. The third kappa shape index (κ3) is 4.03. The third-order valence-corrected chi connectivity index (χ3v) is 4.35. The first-order valence-electron chi connectivity index (χ1n) is 8.64. The second-order valence-corrected chi connectivity index (χ2v) is 5.95. The van der Waals surface area contributed by atoms with Crippen LogP contribution in [0.5, 0.6) is 11.5 Å². The summed E-state index contributed by atoms with van der Waals surface area (Å²) in [7, 11) is 2.99. The predicted octanol–water partition coefficient (Wildman–Crippen LogP) is 2.43. The largest absolute Gasteiger partial charge is 0.493 e. The molecule has 1 saturated heterocycles. The molecule has 7 nitrogen and oxygen atoms in total. The van der Waals surface area contributed by atoms with E-state index in [-0.39, 0.29) is 11.8 Å². The van der Waals surface area contributed by atoms with Gasteiger partial charge in [-0.3, -0.25) is 9.59 Å². The van der Waals surface area contributed by atoms with Crippen molar-refractivity contribution in [2.75, 3.05) is 45.8 Å². The standard InChI is InChI=1S/C20H22N2O5/c1-25-17-9-5-7-15(18(17)26-2)19(23)21-16-8-4-3-6-14(16)20(24)22-10-12-27-13-11-22/h3-9H,10-13H2,1-2H3,(H,21,23). The number of anilines is 1. The van der Waals surface area contributed by atoms with Gasteiger partial charge in [0, 0.05) is 13.1 Å². The lowest BCUT2D eigenvalue weighted by atomic mass is 10.1. The van der Waals surface area contributed by atoms with Gasteiger partial charge in [0.25, 0.3) is 11.8 Å². The van der Waals surface area contributed by atoms with Gasteiger partial charge >= 0.3 is 0 Å². The van der Waals surface area contributed by atoms with E-state index in [1.165, 1.54) is 14.2 Å². The van der Waals surface area contributed by atoms with Crippen LogP contribution >= 0.6 is 0 Å². The van der Waals surface area contributed by atoms with Crippen molar-refractivity contribution in [2.45, 2.75) is 0 Å². The highest BCUT2D eigenvalue weighted by Crippen LogP contribution is 2.31. The first-order valence-corrected chi connectivity index (χ1v) is 8.64. The second kappa shape index (κ2) is 8.55. The minimum absolute atomic E-state index is 0.133. The Morgan fingerprint density at radius 2 is 1.67 bits per heavy atom. The normalized spacial score (nSPS) is 13.8. The lowest BCUT2D eigenvalue weighted by Gasteiger charge is -2.27. The third-order valence-electron chi connectivity index (χ3n) is 4.35. The molecule has 2 amide bonds. The van der Waals surface area contributed by atoms with Gasteiger partial charge in [-0.2, -0.15) is 0 Å². The number of hydrogen-bond acceptors (Lipinski definition) is 5. The van der Waals surface area contributed by atoms with E-state index in [1.54, 1.807) is 47.4 Å². The molecule has 1 heterocycles. The van der Waals surface area contributed by atoms with Crippen LogP contribution in [0.15, 0.2) is 42.5 Å². The highest BCUT2D eigenvalue weighted by molar-refractivity contribution is 6.10. The van der Waals surface area contributed by atoms with Crippen molar-refractivity contribution < 1.29 is 23.8 Å². The predicted molar refractivity (Wildman–Crippen MR) is 101 cm³/mol. The molecule has 1 aliphatic rings. The Hall–Kier alpha value is -3.06. The summed E-state index contributed by atoms with van der Waals surface area (Å²) in [6, 6.07) is 12.0. The zero-order valence-electron chi connectivity index (χ0n) is 15.4. The van der Waals surface area contributed by atoms with Crippen molar-refractivity contribution in [3.05, 3.63) is 53.6 Å². The molecule has 0 saturated carbocycles. The average molecular weight is 370 g/mol. The molecule has 0 aliphatic carbocycles. The fourth-order valence-corrected chi connectivity index (χ4v) is 2.97. The molecular formula is C20H22N2O5. The van der Waals surface area contributed by atoms with E-state index in [9.17, 15) is 9.59 Å². The fraction of sp³-hybridized carbons (Fsp3) is 0.300. The Labute approximate surface area is 157 Å². The summed E-state index contributed by atoms with van der Waals surface area (Å²) in [6.45, 7) is 2.10. The van der Waals surface area contributed by atoms with Crippen LogP contribution < -0.4 is 14.8 Å². The average Bonchev–Trinajstić information content (AvgIpc) is 2.73. The van der Waals surface area contributed by atoms with Crippen molar-refractivity contribution in [3.63, 3.8) is 0 Å². The molecule has 0 radical (unpaired) electrons. The van der Waals surface area contributed by atoms with Gasteiger partial charge < -0.3 is 24.4 Å². The molecule has 27 heavy (non-hydrogen) atoms. The van der Waals surface area contributed by atoms with E-state index in [4.69, 9.17) is 14.2 Å². The first kappa shape index (κ1) is 18.7. The number of carbonyl (C=O) groups excluding carboxylic acids is 2. The summed E-state index contributed by atoms with van der Waals surface area (Å²) < 4.78 is 15.9. The van der Waals surface area contributed by atoms with Crippen molar-refractivity contribution in [2.24, 2.45) is 0 Å². The topological polar surface area (TPSA) is 77.1 Å².